The minimum atomic E-state index is -0.155. The number of hydrogen-bond acceptors (Lipinski definition) is 4. The van der Waals surface area contributed by atoms with Gasteiger partial charge < -0.3 is 14.8 Å². The van der Waals surface area contributed by atoms with Gasteiger partial charge in [-0.1, -0.05) is 48.2 Å². The Morgan fingerprint density at radius 3 is 2.15 bits per heavy atom. The van der Waals surface area contributed by atoms with Crippen LogP contribution in [-0.2, 0) is 0 Å². The van der Waals surface area contributed by atoms with Crippen molar-refractivity contribution in [2.45, 2.75) is 9.79 Å². The predicted molar refractivity (Wildman–Crippen MR) is 102 cm³/mol. The molecule has 0 saturated heterocycles. The van der Waals surface area contributed by atoms with Gasteiger partial charge in [0.05, 0.1) is 5.69 Å². The summed E-state index contributed by atoms with van der Waals surface area (Å²) in [5.41, 5.74) is 1.31. The van der Waals surface area contributed by atoms with Crippen LogP contribution in [0.1, 0.15) is 10.4 Å². The largest absolute Gasteiger partial charge is 0.486 e. The van der Waals surface area contributed by atoms with Crippen molar-refractivity contribution in [2.75, 3.05) is 18.5 Å². The first-order valence-electron chi connectivity index (χ1n) is 8.32. The number of fused-ring (bicyclic) bond motifs is 1. The molecule has 3 aromatic rings. The third-order valence-corrected chi connectivity index (χ3v) is 4.97. The van der Waals surface area contributed by atoms with E-state index in [-0.39, 0.29) is 5.91 Å². The molecule has 5 heteroatoms. The van der Waals surface area contributed by atoms with Crippen LogP contribution in [0, 0.1) is 0 Å². The van der Waals surface area contributed by atoms with Gasteiger partial charge in [0.25, 0.3) is 5.91 Å². The Bertz CT molecular complexity index is 913. The van der Waals surface area contributed by atoms with Crippen LogP contribution in [0.3, 0.4) is 0 Å². The second-order valence-electron chi connectivity index (χ2n) is 5.73. The molecule has 4 rings (SSSR count). The zero-order valence-electron chi connectivity index (χ0n) is 14.0. The van der Waals surface area contributed by atoms with Gasteiger partial charge >= 0.3 is 0 Å². The quantitative estimate of drug-likeness (QED) is 0.719. The summed E-state index contributed by atoms with van der Waals surface area (Å²) < 4.78 is 11.4. The molecule has 1 amide bonds. The monoisotopic (exact) mass is 363 g/mol. The van der Waals surface area contributed by atoms with E-state index in [9.17, 15) is 4.79 Å². The van der Waals surface area contributed by atoms with E-state index in [1.807, 2.05) is 60.7 Å². The Morgan fingerprint density at radius 2 is 1.46 bits per heavy atom. The molecule has 0 radical (unpaired) electrons. The molecule has 1 aliphatic heterocycles. The molecule has 1 aliphatic rings. The third kappa shape index (κ3) is 3.68. The maximum absolute atomic E-state index is 12.6. The van der Waals surface area contributed by atoms with E-state index in [0.717, 1.165) is 9.79 Å². The van der Waals surface area contributed by atoms with E-state index < -0.39 is 0 Å². The van der Waals surface area contributed by atoms with Gasteiger partial charge in [-0.05, 0) is 24.3 Å². The average molecular weight is 363 g/mol. The molecule has 1 heterocycles. The number of carbonyl (C=O) groups excluding carboxylic acids is 1. The number of amides is 1. The first-order chi connectivity index (χ1) is 12.8. The van der Waals surface area contributed by atoms with Crippen molar-refractivity contribution in [3.8, 4) is 11.5 Å². The Balaban J connectivity index is 1.68. The molecule has 4 nitrogen and oxygen atoms in total. The molecule has 0 aliphatic carbocycles. The minimum Gasteiger partial charge on any atom is -0.486 e. The van der Waals surface area contributed by atoms with E-state index in [0.29, 0.717) is 36.0 Å². The lowest BCUT2D eigenvalue weighted by atomic mass is 10.2. The number of ether oxygens (including phenoxy) is 2. The van der Waals surface area contributed by atoms with E-state index in [1.54, 1.807) is 23.9 Å². The summed E-state index contributed by atoms with van der Waals surface area (Å²) in [5, 5.41) is 3.00. The molecule has 1 N–H and O–H groups in total. The van der Waals surface area contributed by atoms with Gasteiger partial charge in [-0.15, -0.1) is 0 Å². The lowest BCUT2D eigenvalue weighted by Crippen LogP contribution is -2.17. The molecule has 0 fully saturated rings. The Kier molecular flexibility index (Phi) is 4.80. The number of carbonyl (C=O) groups is 1. The molecular formula is C21H17NO3S. The second kappa shape index (κ2) is 7.54. The van der Waals surface area contributed by atoms with Crippen molar-refractivity contribution < 1.29 is 14.3 Å². The lowest BCUT2D eigenvalue weighted by molar-refractivity contribution is 0.102. The van der Waals surface area contributed by atoms with Crippen LogP contribution in [0.2, 0.25) is 0 Å². The van der Waals surface area contributed by atoms with Crippen LogP contribution in [0.15, 0.2) is 82.6 Å². The highest BCUT2D eigenvalue weighted by Gasteiger charge is 2.18. The maximum Gasteiger partial charge on any atom is 0.255 e. The molecule has 0 aromatic heterocycles. The molecular weight excluding hydrogens is 346 g/mol. The van der Waals surface area contributed by atoms with Crippen molar-refractivity contribution in [3.63, 3.8) is 0 Å². The van der Waals surface area contributed by atoms with Crippen LogP contribution in [0.25, 0.3) is 0 Å². The summed E-state index contributed by atoms with van der Waals surface area (Å²) in [7, 11) is 0. The van der Waals surface area contributed by atoms with Crippen molar-refractivity contribution in [1.82, 2.24) is 0 Å². The molecule has 0 unspecified atom stereocenters. The highest BCUT2D eigenvalue weighted by Crippen LogP contribution is 2.42. The number of benzene rings is 3. The first-order valence-corrected chi connectivity index (χ1v) is 9.14. The van der Waals surface area contributed by atoms with Gasteiger partial charge in [-0.3, -0.25) is 4.79 Å². The van der Waals surface area contributed by atoms with Crippen LogP contribution >= 0.6 is 11.8 Å². The number of anilines is 1. The fourth-order valence-electron chi connectivity index (χ4n) is 2.65. The van der Waals surface area contributed by atoms with Crippen molar-refractivity contribution >= 4 is 23.4 Å². The zero-order valence-corrected chi connectivity index (χ0v) is 14.8. The summed E-state index contributed by atoms with van der Waals surface area (Å²) in [6.45, 7) is 1.03. The zero-order chi connectivity index (χ0) is 17.8. The Labute approximate surface area is 156 Å². The predicted octanol–water partition coefficient (Wildman–Crippen LogP) is 4.86. The van der Waals surface area contributed by atoms with Gasteiger partial charge in [-0.25, -0.2) is 0 Å². The van der Waals surface area contributed by atoms with Gasteiger partial charge in [0.2, 0.25) is 0 Å². The van der Waals surface area contributed by atoms with E-state index in [2.05, 4.69) is 5.32 Å². The second-order valence-corrected chi connectivity index (χ2v) is 6.84. The SMILES string of the molecule is O=C(Nc1cc2c(cc1Sc1ccccc1)OCCO2)c1ccccc1. The number of nitrogens with one attached hydrogen (secondary N) is 1. The maximum atomic E-state index is 12.6. The molecule has 3 aromatic carbocycles. The molecule has 130 valence electrons. The highest BCUT2D eigenvalue weighted by atomic mass is 32.2. The Morgan fingerprint density at radius 1 is 0.846 bits per heavy atom. The normalized spacial score (nSPS) is 12.5. The number of rotatable bonds is 4. The van der Waals surface area contributed by atoms with Gasteiger partial charge in [-0.2, -0.15) is 0 Å². The van der Waals surface area contributed by atoms with E-state index >= 15 is 0 Å². The van der Waals surface area contributed by atoms with Crippen molar-refractivity contribution in [2.24, 2.45) is 0 Å². The van der Waals surface area contributed by atoms with Crippen LogP contribution in [0.5, 0.6) is 11.5 Å². The summed E-state index contributed by atoms with van der Waals surface area (Å²) >= 11 is 1.57. The van der Waals surface area contributed by atoms with Crippen LogP contribution in [-0.4, -0.2) is 19.1 Å². The van der Waals surface area contributed by atoms with Crippen LogP contribution < -0.4 is 14.8 Å². The van der Waals surface area contributed by atoms with Gasteiger partial charge in [0.1, 0.15) is 13.2 Å². The summed E-state index contributed by atoms with van der Waals surface area (Å²) in [5.74, 6) is 1.20. The Hall–Kier alpha value is -2.92. The lowest BCUT2D eigenvalue weighted by Gasteiger charge is -2.21. The van der Waals surface area contributed by atoms with E-state index in [1.165, 1.54) is 0 Å². The minimum absolute atomic E-state index is 0.155. The average Bonchev–Trinajstić information content (AvgIpc) is 2.70. The highest BCUT2D eigenvalue weighted by molar-refractivity contribution is 7.99. The summed E-state index contributed by atoms with van der Waals surface area (Å²) in [6.07, 6.45) is 0. The van der Waals surface area contributed by atoms with E-state index in [4.69, 9.17) is 9.47 Å². The standard InChI is InChI=1S/C21H17NO3S/c23-21(15-7-3-1-4-8-15)22-17-13-18-19(25-12-11-24-18)14-20(17)26-16-9-5-2-6-10-16/h1-10,13-14H,11-12H2,(H,22,23). The molecule has 0 saturated carbocycles. The molecule has 0 spiro atoms. The molecule has 26 heavy (non-hydrogen) atoms. The van der Waals surface area contributed by atoms with Crippen molar-refractivity contribution in [1.29, 1.82) is 0 Å². The summed E-state index contributed by atoms with van der Waals surface area (Å²) in [6, 6.07) is 22.9. The fraction of sp³-hybridized carbons (Fsp3) is 0.0952. The summed E-state index contributed by atoms with van der Waals surface area (Å²) in [4.78, 5) is 14.6. The van der Waals surface area contributed by atoms with Crippen molar-refractivity contribution in [3.05, 3.63) is 78.4 Å². The van der Waals surface area contributed by atoms with Crippen LogP contribution in [0.4, 0.5) is 5.69 Å². The first kappa shape index (κ1) is 16.5. The van der Waals surface area contributed by atoms with Gasteiger partial charge in [0.15, 0.2) is 11.5 Å². The molecule has 0 bridgehead atoms. The fourth-order valence-corrected chi connectivity index (χ4v) is 3.58. The topological polar surface area (TPSA) is 47.6 Å². The van der Waals surface area contributed by atoms with Gasteiger partial charge in [0, 0.05) is 27.5 Å². The molecule has 0 atom stereocenters. The number of hydrogen-bond donors (Lipinski definition) is 1. The third-order valence-electron chi connectivity index (χ3n) is 3.90. The smallest absolute Gasteiger partial charge is 0.255 e.